The summed E-state index contributed by atoms with van der Waals surface area (Å²) in [6.45, 7) is 1.78. The molecule has 0 fully saturated rings. The molecular weight excluding hydrogens is 245 g/mol. The summed E-state index contributed by atoms with van der Waals surface area (Å²) in [5, 5.41) is 1.18. The van der Waals surface area contributed by atoms with E-state index in [1.807, 2.05) is 0 Å². The van der Waals surface area contributed by atoms with E-state index in [-0.39, 0.29) is 6.61 Å². The van der Waals surface area contributed by atoms with Crippen molar-refractivity contribution < 1.29 is 13.9 Å². The first-order chi connectivity index (χ1) is 8.15. The maximum absolute atomic E-state index is 13.9. The average Bonchev–Trinajstić information content (AvgIpc) is 2.73. The summed E-state index contributed by atoms with van der Waals surface area (Å²) in [5.41, 5.74) is 0.495. The van der Waals surface area contributed by atoms with Crippen molar-refractivity contribution >= 4 is 28.5 Å². The fourth-order valence-electron chi connectivity index (χ4n) is 1.69. The number of benzene rings is 1. The van der Waals surface area contributed by atoms with Crippen LogP contribution in [0.25, 0.3) is 10.9 Å². The minimum Gasteiger partial charge on any atom is -0.462 e. The van der Waals surface area contributed by atoms with Gasteiger partial charge in [0.05, 0.1) is 17.1 Å². The number of fused-ring (bicyclic) bond motifs is 1. The lowest BCUT2D eigenvalue weighted by Gasteiger charge is -2.11. The molecule has 1 heterocycles. The van der Waals surface area contributed by atoms with Gasteiger partial charge in [-0.05, 0) is 19.1 Å². The number of aromatic nitrogens is 1. The second-order valence-corrected chi connectivity index (χ2v) is 3.90. The minimum absolute atomic E-state index is 0.145. The van der Waals surface area contributed by atoms with Crippen molar-refractivity contribution in [3.8, 4) is 0 Å². The highest BCUT2D eigenvalue weighted by Gasteiger charge is 2.22. The smallest absolute Gasteiger partial charge is 0.362 e. The Morgan fingerprint density at radius 1 is 1.53 bits per heavy atom. The minimum atomic E-state index is -1.87. The molecule has 3 nitrogen and oxygen atoms in total. The van der Waals surface area contributed by atoms with E-state index in [0.717, 1.165) is 5.39 Å². The zero-order chi connectivity index (χ0) is 12.4. The molecule has 0 saturated heterocycles. The molecule has 0 radical (unpaired) electrons. The number of para-hydroxylation sites is 1. The van der Waals surface area contributed by atoms with Crippen LogP contribution in [0, 0.1) is 0 Å². The van der Waals surface area contributed by atoms with Crippen LogP contribution in [0.3, 0.4) is 0 Å². The summed E-state index contributed by atoms with van der Waals surface area (Å²) in [4.78, 5) is 11.3. The van der Waals surface area contributed by atoms with Crippen LogP contribution in [0.1, 0.15) is 13.2 Å². The van der Waals surface area contributed by atoms with Gasteiger partial charge in [0.1, 0.15) is 0 Å². The van der Waals surface area contributed by atoms with Gasteiger partial charge in [0.25, 0.3) is 6.30 Å². The number of halogens is 2. The molecule has 0 aliphatic heterocycles. The number of esters is 1. The molecule has 1 aromatic carbocycles. The Bertz CT molecular complexity index is 552. The molecule has 1 aromatic heterocycles. The molecule has 5 heteroatoms. The SMILES string of the molecule is CCOC(=O)C(F)n1ccc2cccc(Cl)c21. The van der Waals surface area contributed by atoms with Gasteiger partial charge in [-0.3, -0.25) is 0 Å². The number of hydrogen-bond acceptors (Lipinski definition) is 2. The molecule has 0 aliphatic carbocycles. The van der Waals surface area contributed by atoms with Crippen LogP contribution in [0.4, 0.5) is 4.39 Å². The van der Waals surface area contributed by atoms with Gasteiger partial charge in [-0.25, -0.2) is 9.18 Å². The normalized spacial score (nSPS) is 12.6. The van der Waals surface area contributed by atoms with Crippen LogP contribution >= 0.6 is 11.6 Å². The van der Waals surface area contributed by atoms with E-state index >= 15 is 0 Å². The zero-order valence-corrected chi connectivity index (χ0v) is 9.95. The molecule has 1 unspecified atom stereocenters. The van der Waals surface area contributed by atoms with Gasteiger partial charge in [-0.15, -0.1) is 0 Å². The number of carbonyl (C=O) groups excluding carboxylic acids is 1. The quantitative estimate of drug-likeness (QED) is 0.788. The molecule has 2 rings (SSSR count). The van der Waals surface area contributed by atoms with Gasteiger partial charge >= 0.3 is 5.97 Å². The Morgan fingerprint density at radius 3 is 3.00 bits per heavy atom. The van der Waals surface area contributed by atoms with Crippen LogP contribution in [0.15, 0.2) is 30.5 Å². The Kier molecular flexibility index (Phi) is 3.33. The summed E-state index contributed by atoms with van der Waals surface area (Å²) >= 11 is 5.99. The predicted molar refractivity (Wildman–Crippen MR) is 63.7 cm³/mol. The number of carbonyl (C=O) groups is 1. The van der Waals surface area contributed by atoms with E-state index in [9.17, 15) is 9.18 Å². The summed E-state index contributed by atoms with van der Waals surface area (Å²) in [5.74, 6) is -0.912. The van der Waals surface area contributed by atoms with E-state index < -0.39 is 12.3 Å². The molecule has 0 saturated carbocycles. The molecule has 90 valence electrons. The van der Waals surface area contributed by atoms with Crippen molar-refractivity contribution in [2.24, 2.45) is 0 Å². The van der Waals surface area contributed by atoms with Crippen molar-refractivity contribution in [3.63, 3.8) is 0 Å². The van der Waals surface area contributed by atoms with Crippen LogP contribution in [0.5, 0.6) is 0 Å². The Morgan fingerprint density at radius 2 is 2.29 bits per heavy atom. The topological polar surface area (TPSA) is 31.2 Å². The molecular formula is C12H11ClFNO2. The number of hydrogen-bond donors (Lipinski definition) is 0. The molecule has 1 atom stereocenters. The van der Waals surface area contributed by atoms with Gasteiger partial charge in [-0.1, -0.05) is 23.7 Å². The van der Waals surface area contributed by atoms with E-state index in [1.54, 1.807) is 31.2 Å². The Balaban J connectivity index is 2.45. The van der Waals surface area contributed by atoms with Gasteiger partial charge in [0.2, 0.25) is 0 Å². The van der Waals surface area contributed by atoms with Crippen molar-refractivity contribution in [1.82, 2.24) is 4.57 Å². The van der Waals surface area contributed by atoms with Gasteiger partial charge < -0.3 is 9.30 Å². The number of alkyl halides is 1. The van der Waals surface area contributed by atoms with Crippen LogP contribution in [-0.2, 0) is 9.53 Å². The number of rotatable bonds is 3. The predicted octanol–water partition coefficient (Wildman–Crippen LogP) is 3.33. The largest absolute Gasteiger partial charge is 0.462 e. The molecule has 0 N–H and O–H groups in total. The Labute approximate surface area is 103 Å². The zero-order valence-electron chi connectivity index (χ0n) is 9.19. The van der Waals surface area contributed by atoms with E-state index in [2.05, 4.69) is 4.74 Å². The molecule has 0 bridgehead atoms. The van der Waals surface area contributed by atoms with Crippen LogP contribution < -0.4 is 0 Å². The lowest BCUT2D eigenvalue weighted by atomic mass is 10.2. The molecule has 2 aromatic rings. The third-order valence-electron chi connectivity index (χ3n) is 2.42. The fraction of sp³-hybridized carbons (Fsp3) is 0.250. The first-order valence-electron chi connectivity index (χ1n) is 5.21. The van der Waals surface area contributed by atoms with Crippen LogP contribution in [-0.4, -0.2) is 17.1 Å². The van der Waals surface area contributed by atoms with Gasteiger partial charge in [0.15, 0.2) is 0 Å². The maximum atomic E-state index is 13.9. The van der Waals surface area contributed by atoms with E-state index in [1.165, 1.54) is 10.8 Å². The second-order valence-electron chi connectivity index (χ2n) is 3.49. The van der Waals surface area contributed by atoms with Crippen molar-refractivity contribution in [2.45, 2.75) is 13.2 Å². The Hall–Kier alpha value is -1.55. The lowest BCUT2D eigenvalue weighted by Crippen LogP contribution is -2.17. The highest BCUT2D eigenvalue weighted by Crippen LogP contribution is 2.28. The van der Waals surface area contributed by atoms with E-state index in [4.69, 9.17) is 11.6 Å². The lowest BCUT2D eigenvalue weighted by molar-refractivity contribution is -0.152. The summed E-state index contributed by atoms with van der Waals surface area (Å²) in [6.07, 6.45) is -0.384. The van der Waals surface area contributed by atoms with Gasteiger partial charge in [-0.2, -0.15) is 0 Å². The number of ether oxygens (including phenoxy) is 1. The first kappa shape index (κ1) is 11.9. The molecule has 17 heavy (non-hydrogen) atoms. The average molecular weight is 256 g/mol. The second kappa shape index (κ2) is 4.75. The summed E-state index contributed by atoms with van der Waals surface area (Å²) in [7, 11) is 0. The van der Waals surface area contributed by atoms with E-state index in [0.29, 0.717) is 10.5 Å². The molecule has 0 amide bonds. The third-order valence-corrected chi connectivity index (χ3v) is 2.72. The van der Waals surface area contributed by atoms with Crippen molar-refractivity contribution in [2.75, 3.05) is 6.61 Å². The van der Waals surface area contributed by atoms with Crippen molar-refractivity contribution in [1.29, 1.82) is 0 Å². The standard InChI is InChI=1S/C12H11ClFNO2/c1-2-17-12(16)11(14)15-7-6-8-4-3-5-9(13)10(8)15/h3-7,11H,2H2,1H3. The first-order valence-corrected chi connectivity index (χ1v) is 5.58. The summed E-state index contributed by atoms with van der Waals surface area (Å²) in [6, 6.07) is 6.92. The number of nitrogens with zero attached hydrogens (tertiary/aromatic N) is 1. The monoisotopic (exact) mass is 255 g/mol. The fourth-order valence-corrected chi connectivity index (χ4v) is 1.97. The summed E-state index contributed by atoms with van der Waals surface area (Å²) < 4.78 is 19.7. The van der Waals surface area contributed by atoms with Gasteiger partial charge in [0, 0.05) is 11.6 Å². The third kappa shape index (κ3) is 2.13. The van der Waals surface area contributed by atoms with Crippen molar-refractivity contribution in [3.05, 3.63) is 35.5 Å². The highest BCUT2D eigenvalue weighted by molar-refractivity contribution is 6.35. The molecule has 0 spiro atoms. The molecule has 0 aliphatic rings. The maximum Gasteiger partial charge on any atom is 0.362 e. The van der Waals surface area contributed by atoms with Crippen LogP contribution in [0.2, 0.25) is 5.02 Å². The highest BCUT2D eigenvalue weighted by atomic mass is 35.5.